The number of hydrogen-bond donors (Lipinski definition) is 1. The first-order chi connectivity index (χ1) is 16.2. The minimum absolute atomic E-state index is 0.0619. The van der Waals surface area contributed by atoms with Crippen LogP contribution < -0.4 is 10.1 Å². The predicted octanol–water partition coefficient (Wildman–Crippen LogP) is 4.41. The molecule has 0 atom stereocenters. The van der Waals surface area contributed by atoms with Gasteiger partial charge in [-0.25, -0.2) is 4.79 Å². The number of nitrogens with one attached hydrogen (secondary N) is 1. The van der Waals surface area contributed by atoms with E-state index in [1.54, 1.807) is 12.1 Å². The van der Waals surface area contributed by atoms with Crippen molar-refractivity contribution in [2.45, 2.75) is 27.3 Å². The average molecular weight is 460 g/mol. The van der Waals surface area contributed by atoms with E-state index in [-0.39, 0.29) is 17.9 Å². The zero-order valence-corrected chi connectivity index (χ0v) is 19.3. The Bertz CT molecular complexity index is 1340. The molecule has 0 aliphatic carbocycles. The Morgan fingerprint density at radius 2 is 1.76 bits per heavy atom. The van der Waals surface area contributed by atoms with Gasteiger partial charge in [0.1, 0.15) is 11.4 Å². The molecule has 0 spiro atoms. The van der Waals surface area contributed by atoms with E-state index >= 15 is 0 Å². The monoisotopic (exact) mass is 460 g/mol. The van der Waals surface area contributed by atoms with Crippen LogP contribution in [0.1, 0.15) is 28.1 Å². The minimum atomic E-state index is -0.481. The molecule has 2 aromatic carbocycles. The summed E-state index contributed by atoms with van der Waals surface area (Å²) in [5, 5.41) is 13.9. The maximum Gasteiger partial charge on any atom is 0.329 e. The molecule has 1 saturated heterocycles. The molecular formula is C25H24N4O5. The molecule has 34 heavy (non-hydrogen) atoms. The third-order valence-corrected chi connectivity index (χ3v) is 5.81. The highest BCUT2D eigenvalue weighted by Crippen LogP contribution is 2.32. The van der Waals surface area contributed by atoms with Gasteiger partial charge >= 0.3 is 6.03 Å². The van der Waals surface area contributed by atoms with E-state index in [4.69, 9.17) is 4.74 Å². The second kappa shape index (κ2) is 8.86. The summed E-state index contributed by atoms with van der Waals surface area (Å²) in [7, 11) is 1.50. The number of aromatic nitrogens is 1. The average Bonchev–Trinajstić information content (AvgIpc) is 3.23. The van der Waals surface area contributed by atoms with E-state index in [0.29, 0.717) is 17.0 Å². The molecule has 9 heteroatoms. The topological polar surface area (TPSA) is 107 Å². The fourth-order valence-corrected chi connectivity index (χ4v) is 4.02. The molecule has 9 nitrogen and oxygen atoms in total. The van der Waals surface area contributed by atoms with Crippen LogP contribution in [0.25, 0.3) is 11.8 Å². The summed E-state index contributed by atoms with van der Waals surface area (Å²) in [5.74, 6) is 0.0597. The summed E-state index contributed by atoms with van der Waals surface area (Å²) in [6.45, 7) is 5.83. The maximum atomic E-state index is 13.0. The molecule has 2 heterocycles. The highest BCUT2D eigenvalue weighted by atomic mass is 16.6. The van der Waals surface area contributed by atoms with E-state index in [1.807, 2.05) is 55.7 Å². The number of benzene rings is 2. The molecule has 1 aliphatic heterocycles. The van der Waals surface area contributed by atoms with Crippen molar-refractivity contribution in [3.05, 3.63) is 92.4 Å². The molecule has 3 amide bonds. The number of imide groups is 1. The van der Waals surface area contributed by atoms with Gasteiger partial charge in [-0.3, -0.25) is 19.8 Å². The largest absolute Gasteiger partial charge is 0.495 e. The molecule has 4 rings (SSSR count). The van der Waals surface area contributed by atoms with Gasteiger partial charge in [-0.1, -0.05) is 29.8 Å². The number of methoxy groups -OCH3 is 1. The number of nitro groups is 1. The summed E-state index contributed by atoms with van der Waals surface area (Å²) < 4.78 is 7.24. The predicted molar refractivity (Wildman–Crippen MR) is 127 cm³/mol. The number of non-ortho nitro benzene ring substituents is 1. The summed E-state index contributed by atoms with van der Waals surface area (Å²) in [5.41, 5.74) is 4.80. The van der Waals surface area contributed by atoms with Crippen molar-refractivity contribution in [1.82, 2.24) is 14.8 Å². The van der Waals surface area contributed by atoms with E-state index in [1.165, 1.54) is 24.1 Å². The fraction of sp³-hybridized carbons (Fsp3) is 0.200. The van der Waals surface area contributed by atoms with Crippen molar-refractivity contribution >= 4 is 23.7 Å². The van der Waals surface area contributed by atoms with Crippen LogP contribution >= 0.6 is 0 Å². The highest BCUT2D eigenvalue weighted by molar-refractivity contribution is 6.14. The van der Waals surface area contributed by atoms with E-state index in [2.05, 4.69) is 5.32 Å². The Balaban J connectivity index is 1.68. The number of nitro benzene ring substituents is 1. The molecule has 0 saturated carbocycles. The second-order valence-electron chi connectivity index (χ2n) is 8.14. The quantitative estimate of drug-likeness (QED) is 0.254. The first-order valence-corrected chi connectivity index (χ1v) is 10.6. The van der Waals surface area contributed by atoms with Crippen LogP contribution in [-0.4, -0.2) is 33.4 Å². The van der Waals surface area contributed by atoms with Crippen molar-refractivity contribution in [1.29, 1.82) is 0 Å². The maximum absolute atomic E-state index is 13.0. The van der Waals surface area contributed by atoms with Crippen molar-refractivity contribution in [2.24, 2.45) is 0 Å². The summed E-state index contributed by atoms with van der Waals surface area (Å²) in [6.07, 6.45) is 1.62. The van der Waals surface area contributed by atoms with E-state index in [0.717, 1.165) is 22.5 Å². The first-order valence-electron chi connectivity index (χ1n) is 10.6. The van der Waals surface area contributed by atoms with Crippen molar-refractivity contribution in [3.8, 4) is 11.4 Å². The van der Waals surface area contributed by atoms with Gasteiger partial charge in [0.15, 0.2) is 0 Å². The summed E-state index contributed by atoms with van der Waals surface area (Å²) >= 11 is 0. The van der Waals surface area contributed by atoms with Gasteiger partial charge in [0.25, 0.3) is 11.6 Å². The lowest BCUT2D eigenvalue weighted by atomic mass is 10.1. The number of ether oxygens (including phenoxy) is 1. The number of rotatable bonds is 6. The van der Waals surface area contributed by atoms with Crippen molar-refractivity contribution in [3.63, 3.8) is 0 Å². The van der Waals surface area contributed by atoms with E-state index in [9.17, 15) is 19.7 Å². The lowest BCUT2D eigenvalue weighted by Gasteiger charge is -2.14. The normalized spacial score (nSPS) is 14.6. The minimum Gasteiger partial charge on any atom is -0.495 e. The SMILES string of the molecule is COc1ccc([N+](=O)[O-])cc1-n1c(C)cc(/C=C2/NC(=O)N(Cc3ccc(C)cc3)C2=O)c1C. The Hall–Kier alpha value is -4.40. The van der Waals surface area contributed by atoms with Gasteiger partial charge in [-0.15, -0.1) is 0 Å². The molecule has 0 bridgehead atoms. The third-order valence-electron chi connectivity index (χ3n) is 5.81. The zero-order chi connectivity index (χ0) is 24.6. The molecule has 0 radical (unpaired) electrons. The fourth-order valence-electron chi connectivity index (χ4n) is 4.02. The van der Waals surface area contributed by atoms with Crippen LogP contribution in [0.5, 0.6) is 5.75 Å². The number of urea groups is 1. The molecule has 1 N–H and O–H groups in total. The Morgan fingerprint density at radius 1 is 1.06 bits per heavy atom. The number of amides is 3. The summed E-state index contributed by atoms with van der Waals surface area (Å²) in [4.78, 5) is 37.4. The molecule has 0 unspecified atom stereocenters. The van der Waals surface area contributed by atoms with Crippen LogP contribution in [0.3, 0.4) is 0 Å². The number of hydrogen-bond acceptors (Lipinski definition) is 5. The standard InChI is InChI=1S/C25H24N4O5/c1-15-5-7-18(8-6-15)14-27-24(30)21(26-25(27)31)12-19-11-16(2)28(17(19)3)22-13-20(29(32)33)9-10-23(22)34-4/h5-13H,14H2,1-4H3,(H,26,31)/b21-12+. The van der Waals surface area contributed by atoms with Crippen molar-refractivity contribution in [2.75, 3.05) is 7.11 Å². The van der Waals surface area contributed by atoms with Crippen LogP contribution in [0.2, 0.25) is 0 Å². The van der Waals surface area contributed by atoms with Gasteiger partial charge in [0.05, 0.1) is 24.3 Å². The lowest BCUT2D eigenvalue weighted by Crippen LogP contribution is -2.30. The Kier molecular flexibility index (Phi) is 5.93. The zero-order valence-electron chi connectivity index (χ0n) is 19.3. The molecule has 174 valence electrons. The van der Waals surface area contributed by atoms with E-state index < -0.39 is 16.9 Å². The molecule has 1 aliphatic rings. The highest BCUT2D eigenvalue weighted by Gasteiger charge is 2.33. The summed E-state index contributed by atoms with van der Waals surface area (Å²) in [6, 6.07) is 13.4. The Morgan fingerprint density at radius 3 is 2.41 bits per heavy atom. The van der Waals surface area contributed by atoms with Gasteiger partial charge < -0.3 is 14.6 Å². The van der Waals surface area contributed by atoms with Gasteiger partial charge in [-0.2, -0.15) is 0 Å². The molecule has 1 aromatic heterocycles. The third kappa shape index (κ3) is 4.15. The molecule has 3 aromatic rings. The second-order valence-corrected chi connectivity index (χ2v) is 8.14. The first kappa shape index (κ1) is 22.8. The van der Waals surface area contributed by atoms with Crippen LogP contribution in [0.15, 0.2) is 54.2 Å². The number of nitrogens with zero attached hydrogens (tertiary/aromatic N) is 3. The molecule has 1 fully saturated rings. The van der Waals surface area contributed by atoms with Gasteiger partial charge in [0, 0.05) is 23.5 Å². The smallest absolute Gasteiger partial charge is 0.329 e. The number of carbonyl (C=O) groups is 2. The van der Waals surface area contributed by atoms with Gasteiger partial charge in [0.2, 0.25) is 0 Å². The Labute approximate surface area is 196 Å². The molecular weight excluding hydrogens is 436 g/mol. The van der Waals surface area contributed by atoms with Crippen LogP contribution in [-0.2, 0) is 11.3 Å². The lowest BCUT2D eigenvalue weighted by molar-refractivity contribution is -0.384. The van der Waals surface area contributed by atoms with Crippen molar-refractivity contribution < 1.29 is 19.2 Å². The number of aryl methyl sites for hydroxylation is 2. The van der Waals surface area contributed by atoms with Gasteiger partial charge in [-0.05, 0) is 50.1 Å². The van der Waals surface area contributed by atoms with Crippen LogP contribution in [0, 0.1) is 30.9 Å². The number of carbonyl (C=O) groups excluding carboxylic acids is 2. The van der Waals surface area contributed by atoms with Crippen LogP contribution in [0.4, 0.5) is 10.5 Å².